The summed E-state index contributed by atoms with van der Waals surface area (Å²) < 4.78 is 11.4. The Labute approximate surface area is 152 Å². The lowest BCUT2D eigenvalue weighted by Gasteiger charge is -2.27. The summed E-state index contributed by atoms with van der Waals surface area (Å²) in [7, 11) is 0. The van der Waals surface area contributed by atoms with Gasteiger partial charge in [-0.25, -0.2) is 0 Å². The number of morpholine rings is 1. The van der Waals surface area contributed by atoms with Crippen LogP contribution < -0.4 is 5.43 Å². The minimum atomic E-state index is -0.0478. The number of nitrogens with zero attached hydrogens (tertiary/aromatic N) is 1. The molecule has 0 unspecified atom stereocenters. The Balaban J connectivity index is 1.70. The number of rotatable bonds is 3. The highest BCUT2D eigenvalue weighted by Crippen LogP contribution is 2.28. The molecule has 1 fully saturated rings. The third-order valence-electron chi connectivity index (χ3n) is 5.15. The molecule has 1 saturated heterocycles. The lowest BCUT2D eigenvalue weighted by molar-refractivity contribution is -0.134. The normalized spacial score (nSPS) is 18.0. The van der Waals surface area contributed by atoms with Gasteiger partial charge in [-0.15, -0.1) is 0 Å². The first-order valence-electron chi connectivity index (χ1n) is 9.33. The van der Waals surface area contributed by atoms with Gasteiger partial charge in [-0.05, 0) is 37.3 Å². The number of para-hydroxylation sites is 1. The summed E-state index contributed by atoms with van der Waals surface area (Å²) in [6, 6.07) is 7.05. The van der Waals surface area contributed by atoms with Crippen molar-refractivity contribution in [3.05, 3.63) is 51.9 Å². The summed E-state index contributed by atoms with van der Waals surface area (Å²) in [5.74, 6) is 0.694. The molecule has 4 rings (SSSR count). The lowest BCUT2D eigenvalue weighted by Crippen LogP contribution is -2.41. The number of ether oxygens (including phenoxy) is 1. The number of amides is 1. The van der Waals surface area contributed by atoms with Crippen LogP contribution in [0.2, 0.25) is 0 Å². The Kier molecular flexibility index (Phi) is 4.89. The van der Waals surface area contributed by atoms with Crippen LogP contribution in [0.15, 0.2) is 39.6 Å². The molecule has 1 aliphatic carbocycles. The first-order valence-corrected chi connectivity index (χ1v) is 9.33. The molecule has 0 N–H and O–H groups in total. The number of benzene rings is 1. The Morgan fingerprint density at radius 2 is 2.00 bits per heavy atom. The van der Waals surface area contributed by atoms with E-state index in [2.05, 4.69) is 6.08 Å². The van der Waals surface area contributed by atoms with E-state index in [1.54, 1.807) is 12.1 Å². The number of hydrogen-bond donors (Lipinski definition) is 0. The molecule has 1 aromatic heterocycles. The predicted molar refractivity (Wildman–Crippen MR) is 100 cm³/mol. The molecule has 2 heterocycles. The molecule has 1 amide bonds. The predicted octanol–water partition coefficient (Wildman–Crippen LogP) is 3.15. The fourth-order valence-corrected chi connectivity index (χ4v) is 3.68. The fourth-order valence-electron chi connectivity index (χ4n) is 3.68. The highest BCUT2D eigenvalue weighted by Gasteiger charge is 2.20. The highest BCUT2D eigenvalue weighted by atomic mass is 16.5. The van der Waals surface area contributed by atoms with E-state index in [1.807, 2.05) is 17.0 Å². The molecular weight excluding hydrogens is 330 g/mol. The van der Waals surface area contributed by atoms with Crippen LogP contribution in [0.25, 0.3) is 16.5 Å². The largest absolute Gasteiger partial charge is 0.456 e. The second kappa shape index (κ2) is 7.46. The molecule has 2 aliphatic rings. The monoisotopic (exact) mass is 353 g/mol. The molecule has 0 saturated carbocycles. The Hall–Kier alpha value is -2.40. The van der Waals surface area contributed by atoms with Crippen molar-refractivity contribution in [2.75, 3.05) is 26.3 Å². The molecule has 26 heavy (non-hydrogen) atoms. The van der Waals surface area contributed by atoms with Gasteiger partial charge in [0.25, 0.3) is 0 Å². The molecular formula is C21H23NO4. The quantitative estimate of drug-likeness (QED) is 0.850. The molecule has 0 bridgehead atoms. The van der Waals surface area contributed by atoms with E-state index in [0.29, 0.717) is 43.0 Å². The summed E-state index contributed by atoms with van der Waals surface area (Å²) in [5.41, 5.74) is 2.37. The zero-order valence-corrected chi connectivity index (χ0v) is 14.8. The fraction of sp³-hybridized carbons (Fsp3) is 0.429. The van der Waals surface area contributed by atoms with Gasteiger partial charge in [-0.1, -0.05) is 18.2 Å². The average Bonchev–Trinajstić information content (AvgIpc) is 2.70. The van der Waals surface area contributed by atoms with Gasteiger partial charge in [0.05, 0.1) is 25.0 Å². The molecule has 0 atom stereocenters. The van der Waals surface area contributed by atoms with Gasteiger partial charge in [0.2, 0.25) is 5.91 Å². The Morgan fingerprint density at radius 1 is 1.15 bits per heavy atom. The van der Waals surface area contributed by atoms with E-state index < -0.39 is 0 Å². The number of carbonyl (C=O) groups is 1. The maximum absolute atomic E-state index is 12.6. The van der Waals surface area contributed by atoms with E-state index in [9.17, 15) is 9.59 Å². The lowest BCUT2D eigenvalue weighted by atomic mass is 9.97. The average molecular weight is 353 g/mol. The molecule has 1 aromatic carbocycles. The SMILES string of the molecule is O=C(Cc1cccc2c(=O)cc(C3=CCCCC3)oc12)N1CCOCC1. The summed E-state index contributed by atoms with van der Waals surface area (Å²) >= 11 is 0. The van der Waals surface area contributed by atoms with Crippen LogP contribution in [0.4, 0.5) is 0 Å². The van der Waals surface area contributed by atoms with Crippen molar-refractivity contribution in [1.29, 1.82) is 0 Å². The molecule has 0 radical (unpaired) electrons. The standard InChI is InChI=1S/C21H23NO4/c23-18-14-19(15-5-2-1-3-6-15)26-21-16(7-4-8-17(18)21)13-20(24)22-9-11-25-12-10-22/h4-5,7-8,14H,1-3,6,9-13H2. The van der Waals surface area contributed by atoms with Gasteiger partial charge in [0, 0.05) is 24.7 Å². The zero-order chi connectivity index (χ0) is 17.9. The van der Waals surface area contributed by atoms with Crippen LogP contribution in [0.1, 0.15) is 37.0 Å². The van der Waals surface area contributed by atoms with Gasteiger partial charge in [-0.3, -0.25) is 9.59 Å². The van der Waals surface area contributed by atoms with Gasteiger partial charge < -0.3 is 14.1 Å². The van der Waals surface area contributed by atoms with Crippen molar-refractivity contribution in [2.45, 2.75) is 32.1 Å². The zero-order valence-electron chi connectivity index (χ0n) is 14.8. The molecule has 136 valence electrons. The van der Waals surface area contributed by atoms with Crippen molar-refractivity contribution in [3.8, 4) is 0 Å². The topological polar surface area (TPSA) is 59.8 Å². The number of fused-ring (bicyclic) bond motifs is 1. The van der Waals surface area contributed by atoms with Gasteiger partial charge in [0.1, 0.15) is 11.3 Å². The van der Waals surface area contributed by atoms with E-state index in [-0.39, 0.29) is 17.8 Å². The minimum Gasteiger partial charge on any atom is -0.456 e. The summed E-state index contributed by atoms with van der Waals surface area (Å²) in [4.78, 5) is 27.0. The van der Waals surface area contributed by atoms with Crippen molar-refractivity contribution >= 4 is 22.4 Å². The van der Waals surface area contributed by atoms with Gasteiger partial charge in [0.15, 0.2) is 5.43 Å². The van der Waals surface area contributed by atoms with Crippen LogP contribution in [0.5, 0.6) is 0 Å². The molecule has 5 nitrogen and oxygen atoms in total. The van der Waals surface area contributed by atoms with Crippen molar-refractivity contribution in [1.82, 2.24) is 4.90 Å². The maximum Gasteiger partial charge on any atom is 0.227 e. The first-order chi connectivity index (χ1) is 12.7. The van der Waals surface area contributed by atoms with E-state index in [1.165, 1.54) is 6.42 Å². The third-order valence-corrected chi connectivity index (χ3v) is 5.15. The van der Waals surface area contributed by atoms with E-state index in [0.717, 1.165) is 30.4 Å². The van der Waals surface area contributed by atoms with E-state index in [4.69, 9.17) is 9.15 Å². The molecule has 2 aromatic rings. The van der Waals surface area contributed by atoms with E-state index >= 15 is 0 Å². The summed E-state index contributed by atoms with van der Waals surface area (Å²) in [5, 5.41) is 0.539. The first kappa shape index (κ1) is 17.0. The summed E-state index contributed by atoms with van der Waals surface area (Å²) in [6.45, 7) is 2.39. The minimum absolute atomic E-state index is 0.0470. The smallest absolute Gasteiger partial charge is 0.227 e. The molecule has 1 aliphatic heterocycles. The number of allylic oxidation sites excluding steroid dienone is 2. The maximum atomic E-state index is 12.6. The number of carbonyl (C=O) groups excluding carboxylic acids is 1. The third kappa shape index (κ3) is 3.44. The molecule has 5 heteroatoms. The highest BCUT2D eigenvalue weighted by molar-refractivity contribution is 5.87. The van der Waals surface area contributed by atoms with Gasteiger partial charge in [-0.2, -0.15) is 0 Å². The number of hydrogen-bond acceptors (Lipinski definition) is 4. The molecule has 0 spiro atoms. The van der Waals surface area contributed by atoms with Crippen LogP contribution in [0, 0.1) is 0 Å². The summed E-state index contributed by atoms with van der Waals surface area (Å²) in [6.07, 6.45) is 6.65. The van der Waals surface area contributed by atoms with Gasteiger partial charge >= 0.3 is 0 Å². The van der Waals surface area contributed by atoms with Crippen LogP contribution in [0.3, 0.4) is 0 Å². The van der Waals surface area contributed by atoms with Crippen molar-refractivity contribution < 1.29 is 13.9 Å². The Bertz CT molecular complexity index is 906. The van der Waals surface area contributed by atoms with Crippen molar-refractivity contribution in [2.24, 2.45) is 0 Å². The van der Waals surface area contributed by atoms with Crippen LogP contribution >= 0.6 is 0 Å². The second-order valence-corrected chi connectivity index (χ2v) is 6.91. The second-order valence-electron chi connectivity index (χ2n) is 6.91. The Morgan fingerprint density at radius 3 is 2.77 bits per heavy atom. The van der Waals surface area contributed by atoms with Crippen LogP contribution in [-0.4, -0.2) is 37.1 Å². The van der Waals surface area contributed by atoms with Crippen LogP contribution in [-0.2, 0) is 16.0 Å². The van der Waals surface area contributed by atoms with Crippen molar-refractivity contribution in [3.63, 3.8) is 0 Å².